The summed E-state index contributed by atoms with van der Waals surface area (Å²) in [6, 6.07) is 10.2. The topological polar surface area (TPSA) is 36.4 Å². The second kappa shape index (κ2) is 6.27. The van der Waals surface area contributed by atoms with Crippen LogP contribution >= 0.6 is 0 Å². The zero-order valence-electron chi connectivity index (χ0n) is 14.9. The molecule has 0 bridgehead atoms. The number of nitrogens with zero attached hydrogens (tertiary/aromatic N) is 3. The molecule has 1 aromatic heterocycles. The molecule has 0 saturated carbocycles. The van der Waals surface area contributed by atoms with Crippen LogP contribution in [0.3, 0.4) is 0 Å². The highest BCUT2D eigenvalue weighted by atomic mass is 16.2. The fraction of sp³-hybridized carbons (Fsp3) is 0.400. The summed E-state index contributed by atoms with van der Waals surface area (Å²) >= 11 is 0. The second-order valence-electron chi connectivity index (χ2n) is 7.54. The maximum Gasteiger partial charge on any atom is 0.255 e. The minimum Gasteiger partial charge on any atom is -0.378 e. The number of aromatic nitrogens is 1. The van der Waals surface area contributed by atoms with Crippen LogP contribution in [-0.2, 0) is 0 Å². The Balaban J connectivity index is 1.83. The summed E-state index contributed by atoms with van der Waals surface area (Å²) in [6.45, 7) is 6.06. The van der Waals surface area contributed by atoms with Gasteiger partial charge in [0.05, 0.1) is 5.56 Å². The van der Waals surface area contributed by atoms with Crippen molar-refractivity contribution >= 4 is 11.6 Å². The van der Waals surface area contributed by atoms with Crippen molar-refractivity contribution in [2.45, 2.75) is 20.3 Å². The van der Waals surface area contributed by atoms with Crippen molar-refractivity contribution in [3.8, 4) is 11.1 Å². The van der Waals surface area contributed by atoms with Crippen molar-refractivity contribution < 1.29 is 4.79 Å². The molecule has 2 heterocycles. The maximum absolute atomic E-state index is 12.7. The molecule has 1 aromatic carbocycles. The van der Waals surface area contributed by atoms with Crippen LogP contribution in [0.25, 0.3) is 11.1 Å². The summed E-state index contributed by atoms with van der Waals surface area (Å²) in [5, 5.41) is 0. The largest absolute Gasteiger partial charge is 0.378 e. The highest BCUT2D eigenvalue weighted by molar-refractivity contribution is 5.95. The first-order chi connectivity index (χ1) is 11.4. The summed E-state index contributed by atoms with van der Waals surface area (Å²) in [5.74, 6) is 0.0832. The highest BCUT2D eigenvalue weighted by Gasteiger charge is 2.32. The van der Waals surface area contributed by atoms with Crippen LogP contribution in [0.2, 0.25) is 0 Å². The summed E-state index contributed by atoms with van der Waals surface area (Å²) in [4.78, 5) is 21.0. The fourth-order valence-electron chi connectivity index (χ4n) is 3.14. The molecule has 0 spiro atoms. The van der Waals surface area contributed by atoms with E-state index in [1.54, 1.807) is 6.20 Å². The van der Waals surface area contributed by atoms with E-state index in [-0.39, 0.29) is 11.3 Å². The molecule has 1 fully saturated rings. The molecular weight excluding hydrogens is 298 g/mol. The lowest BCUT2D eigenvalue weighted by Crippen LogP contribution is -2.30. The standard InChI is InChI=1S/C20H25N3O/c1-20(2)9-10-23(14-20)19(24)17-11-16(12-21-13-17)15-5-7-18(8-6-15)22(3)4/h5-8,11-13H,9-10,14H2,1-4H3. The van der Waals surface area contributed by atoms with Crippen LogP contribution in [-0.4, -0.2) is 43.0 Å². The van der Waals surface area contributed by atoms with Crippen LogP contribution in [0, 0.1) is 5.41 Å². The molecule has 4 nitrogen and oxygen atoms in total. The minimum atomic E-state index is 0.0832. The molecule has 0 N–H and O–H groups in total. The lowest BCUT2D eigenvalue weighted by Gasteiger charge is -2.20. The quantitative estimate of drug-likeness (QED) is 0.864. The van der Waals surface area contributed by atoms with Crippen molar-refractivity contribution in [3.63, 3.8) is 0 Å². The van der Waals surface area contributed by atoms with E-state index in [2.05, 4.69) is 48.0 Å². The van der Waals surface area contributed by atoms with Gasteiger partial charge in [-0.15, -0.1) is 0 Å². The van der Waals surface area contributed by atoms with Crippen molar-refractivity contribution in [3.05, 3.63) is 48.3 Å². The zero-order chi connectivity index (χ0) is 17.3. The predicted octanol–water partition coefficient (Wildman–Crippen LogP) is 3.69. The Morgan fingerprint density at radius 2 is 1.83 bits per heavy atom. The number of rotatable bonds is 3. The number of carbonyl (C=O) groups is 1. The van der Waals surface area contributed by atoms with Gasteiger partial charge in [-0.3, -0.25) is 9.78 Å². The molecule has 1 aliphatic heterocycles. The monoisotopic (exact) mass is 323 g/mol. The van der Waals surface area contributed by atoms with E-state index in [9.17, 15) is 4.79 Å². The van der Waals surface area contributed by atoms with Gasteiger partial charge in [-0.25, -0.2) is 0 Å². The van der Waals surface area contributed by atoms with Crippen LogP contribution in [0.1, 0.15) is 30.6 Å². The van der Waals surface area contributed by atoms with E-state index in [1.165, 1.54) is 0 Å². The normalized spacial score (nSPS) is 16.2. The Morgan fingerprint density at radius 1 is 1.12 bits per heavy atom. The smallest absolute Gasteiger partial charge is 0.255 e. The number of amides is 1. The van der Waals surface area contributed by atoms with Crippen molar-refractivity contribution in [2.24, 2.45) is 5.41 Å². The summed E-state index contributed by atoms with van der Waals surface area (Å²) in [5.41, 5.74) is 4.08. The van der Waals surface area contributed by atoms with Gasteiger partial charge in [0.2, 0.25) is 0 Å². The van der Waals surface area contributed by atoms with Crippen molar-refractivity contribution in [2.75, 3.05) is 32.1 Å². The molecule has 24 heavy (non-hydrogen) atoms. The molecule has 0 aliphatic carbocycles. The molecule has 1 aliphatic rings. The molecule has 4 heteroatoms. The Kier molecular flexibility index (Phi) is 4.31. The number of hydrogen-bond donors (Lipinski definition) is 0. The molecule has 0 atom stereocenters. The summed E-state index contributed by atoms with van der Waals surface area (Å²) < 4.78 is 0. The Hall–Kier alpha value is -2.36. The Bertz CT molecular complexity index is 735. The maximum atomic E-state index is 12.7. The van der Waals surface area contributed by atoms with Crippen LogP contribution < -0.4 is 4.90 Å². The minimum absolute atomic E-state index is 0.0832. The average Bonchev–Trinajstić information content (AvgIpc) is 2.94. The van der Waals surface area contributed by atoms with E-state index >= 15 is 0 Å². The first-order valence-electron chi connectivity index (χ1n) is 8.38. The van der Waals surface area contributed by atoms with Gasteiger partial charge in [-0.1, -0.05) is 26.0 Å². The van der Waals surface area contributed by atoms with Crippen molar-refractivity contribution in [1.82, 2.24) is 9.88 Å². The first-order valence-corrected chi connectivity index (χ1v) is 8.38. The van der Waals surface area contributed by atoms with Gasteiger partial charge in [0.1, 0.15) is 0 Å². The van der Waals surface area contributed by atoms with Gasteiger partial charge in [-0.2, -0.15) is 0 Å². The van der Waals surface area contributed by atoms with Gasteiger partial charge < -0.3 is 9.80 Å². The second-order valence-corrected chi connectivity index (χ2v) is 7.54. The first kappa shape index (κ1) is 16.5. The molecule has 2 aromatic rings. The van der Waals surface area contributed by atoms with Gasteiger partial charge in [-0.05, 0) is 35.6 Å². The van der Waals surface area contributed by atoms with E-state index < -0.39 is 0 Å². The summed E-state index contributed by atoms with van der Waals surface area (Å²) in [7, 11) is 4.04. The van der Waals surface area contributed by atoms with Crippen molar-refractivity contribution in [1.29, 1.82) is 0 Å². The Labute approximate surface area is 144 Å². The van der Waals surface area contributed by atoms with Gasteiger partial charge >= 0.3 is 0 Å². The van der Waals surface area contributed by atoms with Gasteiger partial charge in [0.25, 0.3) is 5.91 Å². The van der Waals surface area contributed by atoms with Gasteiger partial charge in [0.15, 0.2) is 0 Å². The fourth-order valence-corrected chi connectivity index (χ4v) is 3.14. The third-order valence-electron chi connectivity index (χ3n) is 4.67. The third-order valence-corrected chi connectivity index (χ3v) is 4.67. The Morgan fingerprint density at radius 3 is 2.42 bits per heavy atom. The van der Waals surface area contributed by atoms with Crippen LogP contribution in [0.15, 0.2) is 42.7 Å². The van der Waals surface area contributed by atoms with E-state index in [0.29, 0.717) is 5.56 Å². The molecule has 0 radical (unpaired) electrons. The molecular formula is C20H25N3O. The van der Waals surface area contributed by atoms with E-state index in [4.69, 9.17) is 0 Å². The molecule has 3 rings (SSSR count). The molecule has 126 valence electrons. The summed E-state index contributed by atoms with van der Waals surface area (Å²) in [6.07, 6.45) is 4.54. The van der Waals surface area contributed by atoms with Crippen LogP contribution in [0.4, 0.5) is 5.69 Å². The molecule has 0 unspecified atom stereocenters. The predicted molar refractivity (Wildman–Crippen MR) is 98.3 cm³/mol. The zero-order valence-corrected chi connectivity index (χ0v) is 14.9. The van der Waals surface area contributed by atoms with Gasteiger partial charge in [0, 0.05) is 50.8 Å². The number of hydrogen-bond acceptors (Lipinski definition) is 3. The molecule has 1 amide bonds. The number of benzene rings is 1. The number of pyridine rings is 1. The third kappa shape index (κ3) is 3.42. The lowest BCUT2D eigenvalue weighted by molar-refractivity contribution is 0.0778. The number of anilines is 1. The average molecular weight is 323 g/mol. The highest BCUT2D eigenvalue weighted by Crippen LogP contribution is 2.30. The molecule has 1 saturated heterocycles. The number of likely N-dealkylation sites (tertiary alicyclic amines) is 1. The number of carbonyl (C=O) groups excluding carboxylic acids is 1. The lowest BCUT2D eigenvalue weighted by atomic mass is 9.93. The van der Waals surface area contributed by atoms with E-state index in [1.807, 2.05) is 31.3 Å². The van der Waals surface area contributed by atoms with E-state index in [0.717, 1.165) is 36.3 Å². The SMILES string of the molecule is CN(C)c1ccc(-c2cncc(C(=O)N3CCC(C)(C)C3)c2)cc1. The van der Waals surface area contributed by atoms with Crippen LogP contribution in [0.5, 0.6) is 0 Å².